The Labute approximate surface area is 179 Å². The fraction of sp³-hybridized carbons (Fsp3) is 0.833. The quantitative estimate of drug-likeness (QED) is 0.309. The number of nitrogens with zero attached hydrogens (tertiary/aromatic N) is 4. The molecule has 1 atom stereocenters. The van der Waals surface area contributed by atoms with E-state index in [0.29, 0.717) is 30.2 Å². The zero-order valence-electron chi connectivity index (χ0n) is 17.0. The Morgan fingerprint density at radius 2 is 1.89 bits per heavy atom. The fourth-order valence-electron chi connectivity index (χ4n) is 3.43. The SMILES string of the molecule is CCNC(=NCc1nc(C)no1)NCC(C(CC)CC)N1CCOCC1.I. The number of guanidine groups is 1. The molecule has 1 saturated heterocycles. The summed E-state index contributed by atoms with van der Waals surface area (Å²) >= 11 is 0. The van der Waals surface area contributed by atoms with Gasteiger partial charge in [0.15, 0.2) is 11.8 Å². The number of aryl methyl sites for hydroxylation is 1. The minimum Gasteiger partial charge on any atom is -0.379 e. The van der Waals surface area contributed by atoms with E-state index in [4.69, 9.17) is 9.26 Å². The van der Waals surface area contributed by atoms with Gasteiger partial charge in [-0.2, -0.15) is 4.98 Å². The van der Waals surface area contributed by atoms with Gasteiger partial charge in [0.1, 0.15) is 6.54 Å². The van der Waals surface area contributed by atoms with Crippen LogP contribution in [-0.4, -0.2) is 66.4 Å². The van der Waals surface area contributed by atoms with E-state index in [9.17, 15) is 0 Å². The highest BCUT2D eigenvalue weighted by Crippen LogP contribution is 2.19. The molecule has 0 amide bonds. The summed E-state index contributed by atoms with van der Waals surface area (Å²) in [4.78, 5) is 11.3. The highest BCUT2D eigenvalue weighted by atomic mass is 127. The number of morpholine rings is 1. The van der Waals surface area contributed by atoms with Crippen molar-refractivity contribution >= 4 is 29.9 Å². The summed E-state index contributed by atoms with van der Waals surface area (Å²) in [7, 11) is 0. The monoisotopic (exact) mass is 494 g/mol. The number of ether oxygens (including phenoxy) is 1. The minimum absolute atomic E-state index is 0. The van der Waals surface area contributed by atoms with Crippen LogP contribution in [-0.2, 0) is 11.3 Å². The fourth-order valence-corrected chi connectivity index (χ4v) is 3.43. The Morgan fingerprint density at radius 1 is 1.19 bits per heavy atom. The van der Waals surface area contributed by atoms with Crippen LogP contribution in [0, 0.1) is 12.8 Å². The summed E-state index contributed by atoms with van der Waals surface area (Å²) in [6, 6.07) is 0.475. The van der Waals surface area contributed by atoms with Crippen molar-refractivity contribution < 1.29 is 9.26 Å². The molecule has 0 spiro atoms. The van der Waals surface area contributed by atoms with Gasteiger partial charge in [0.05, 0.1) is 13.2 Å². The maximum atomic E-state index is 5.53. The average molecular weight is 494 g/mol. The van der Waals surface area contributed by atoms with Crippen LogP contribution in [0.25, 0.3) is 0 Å². The standard InChI is InChI=1S/C18H34N6O2.HI/c1-5-15(6-2)16(24-8-10-25-11-9-24)12-20-18(19-7-3)21-13-17-22-14(4)23-26-17;/h15-16H,5-13H2,1-4H3,(H2,19,20,21);1H. The molecule has 0 aromatic carbocycles. The second-order valence-corrected chi connectivity index (χ2v) is 6.60. The lowest BCUT2D eigenvalue weighted by Gasteiger charge is -2.39. The highest BCUT2D eigenvalue weighted by molar-refractivity contribution is 14.0. The number of rotatable bonds is 9. The lowest BCUT2D eigenvalue weighted by molar-refractivity contribution is 0.00272. The van der Waals surface area contributed by atoms with Crippen LogP contribution in [0.1, 0.15) is 45.3 Å². The summed E-state index contributed by atoms with van der Waals surface area (Å²) in [5.41, 5.74) is 0. The van der Waals surface area contributed by atoms with E-state index in [-0.39, 0.29) is 24.0 Å². The van der Waals surface area contributed by atoms with E-state index in [2.05, 4.69) is 51.4 Å². The largest absolute Gasteiger partial charge is 0.379 e. The second-order valence-electron chi connectivity index (χ2n) is 6.60. The molecule has 1 aliphatic rings. The van der Waals surface area contributed by atoms with Crippen molar-refractivity contribution in [1.82, 2.24) is 25.7 Å². The van der Waals surface area contributed by atoms with Gasteiger partial charge in [0.2, 0.25) is 5.89 Å². The number of aromatic nitrogens is 2. The van der Waals surface area contributed by atoms with Gasteiger partial charge in [-0.25, -0.2) is 4.99 Å². The molecule has 9 heteroatoms. The van der Waals surface area contributed by atoms with E-state index < -0.39 is 0 Å². The van der Waals surface area contributed by atoms with Crippen molar-refractivity contribution in [2.75, 3.05) is 39.4 Å². The first-order chi connectivity index (χ1) is 12.7. The summed E-state index contributed by atoms with van der Waals surface area (Å²) in [6.07, 6.45) is 2.35. The maximum Gasteiger partial charge on any atom is 0.248 e. The van der Waals surface area contributed by atoms with Gasteiger partial charge in [0, 0.05) is 32.2 Å². The number of aliphatic imine (C=N–C) groups is 1. The van der Waals surface area contributed by atoms with Gasteiger partial charge in [-0.15, -0.1) is 24.0 Å². The molecule has 2 heterocycles. The van der Waals surface area contributed by atoms with Crippen molar-refractivity contribution in [1.29, 1.82) is 0 Å². The Balaban J connectivity index is 0.00000364. The number of hydrogen-bond donors (Lipinski definition) is 2. The van der Waals surface area contributed by atoms with E-state index in [1.165, 1.54) is 12.8 Å². The predicted octanol–water partition coefficient (Wildman–Crippen LogP) is 2.19. The zero-order valence-corrected chi connectivity index (χ0v) is 19.4. The van der Waals surface area contributed by atoms with Crippen LogP contribution >= 0.6 is 24.0 Å². The molecule has 0 aliphatic carbocycles. The van der Waals surface area contributed by atoms with Gasteiger partial charge in [-0.3, -0.25) is 4.90 Å². The van der Waals surface area contributed by atoms with Gasteiger partial charge < -0.3 is 19.9 Å². The first kappa shape index (κ1) is 24.1. The molecule has 1 aliphatic heterocycles. The van der Waals surface area contributed by atoms with Gasteiger partial charge in [-0.05, 0) is 19.8 Å². The second kappa shape index (κ2) is 13.3. The Hall–Kier alpha value is -0.940. The molecule has 1 fully saturated rings. The zero-order chi connectivity index (χ0) is 18.8. The van der Waals surface area contributed by atoms with Crippen LogP contribution in [0.4, 0.5) is 0 Å². The number of nitrogens with one attached hydrogen (secondary N) is 2. The highest BCUT2D eigenvalue weighted by Gasteiger charge is 2.27. The molecule has 156 valence electrons. The van der Waals surface area contributed by atoms with Crippen molar-refractivity contribution in [3.8, 4) is 0 Å². The summed E-state index contributed by atoms with van der Waals surface area (Å²) in [5, 5.41) is 10.6. The Bertz CT molecular complexity index is 544. The van der Waals surface area contributed by atoms with Gasteiger partial charge in [0.25, 0.3) is 0 Å². The van der Waals surface area contributed by atoms with Crippen LogP contribution in [0.3, 0.4) is 0 Å². The molecule has 0 bridgehead atoms. The molecule has 0 saturated carbocycles. The third-order valence-corrected chi connectivity index (χ3v) is 4.87. The topological polar surface area (TPSA) is 87.8 Å². The molecular weight excluding hydrogens is 459 g/mol. The molecule has 1 aromatic rings. The van der Waals surface area contributed by atoms with Crippen molar-refractivity contribution in [2.45, 2.75) is 53.1 Å². The maximum absolute atomic E-state index is 5.53. The molecular formula is C18H35IN6O2. The van der Waals surface area contributed by atoms with Gasteiger partial charge >= 0.3 is 0 Å². The molecule has 8 nitrogen and oxygen atoms in total. The first-order valence-corrected chi connectivity index (χ1v) is 9.81. The average Bonchev–Trinajstić information content (AvgIpc) is 3.09. The van der Waals surface area contributed by atoms with Crippen molar-refractivity contribution in [3.63, 3.8) is 0 Å². The minimum atomic E-state index is 0. The van der Waals surface area contributed by atoms with Gasteiger partial charge in [-0.1, -0.05) is 31.8 Å². The van der Waals surface area contributed by atoms with E-state index in [1.54, 1.807) is 0 Å². The normalized spacial score (nSPS) is 16.9. The van der Waals surface area contributed by atoms with Crippen LogP contribution in [0.2, 0.25) is 0 Å². The molecule has 1 unspecified atom stereocenters. The Morgan fingerprint density at radius 3 is 2.44 bits per heavy atom. The first-order valence-electron chi connectivity index (χ1n) is 9.81. The van der Waals surface area contributed by atoms with Crippen LogP contribution < -0.4 is 10.6 Å². The molecule has 1 aromatic heterocycles. The number of hydrogen-bond acceptors (Lipinski definition) is 6. The van der Waals surface area contributed by atoms with Crippen LogP contribution in [0.5, 0.6) is 0 Å². The lowest BCUT2D eigenvalue weighted by Crippen LogP contribution is -2.53. The lowest BCUT2D eigenvalue weighted by atomic mass is 9.92. The molecule has 2 N–H and O–H groups in total. The van der Waals surface area contributed by atoms with E-state index in [0.717, 1.165) is 45.4 Å². The third kappa shape index (κ3) is 7.90. The molecule has 2 rings (SSSR count). The molecule has 27 heavy (non-hydrogen) atoms. The Kier molecular flexibility index (Phi) is 11.8. The molecule has 0 radical (unpaired) electrons. The van der Waals surface area contributed by atoms with Crippen LogP contribution in [0.15, 0.2) is 9.52 Å². The van der Waals surface area contributed by atoms with E-state index >= 15 is 0 Å². The summed E-state index contributed by atoms with van der Waals surface area (Å²) in [6.45, 7) is 14.1. The van der Waals surface area contributed by atoms with Crippen molar-refractivity contribution in [2.24, 2.45) is 10.9 Å². The smallest absolute Gasteiger partial charge is 0.248 e. The van der Waals surface area contributed by atoms with Crippen molar-refractivity contribution in [3.05, 3.63) is 11.7 Å². The summed E-state index contributed by atoms with van der Waals surface area (Å²) in [5.74, 6) is 2.60. The summed E-state index contributed by atoms with van der Waals surface area (Å²) < 4.78 is 10.7. The third-order valence-electron chi connectivity index (χ3n) is 4.87. The number of halogens is 1. The predicted molar refractivity (Wildman–Crippen MR) is 118 cm³/mol. The van der Waals surface area contributed by atoms with E-state index in [1.807, 2.05) is 6.92 Å².